The summed E-state index contributed by atoms with van der Waals surface area (Å²) in [6.45, 7) is 2.62. The van der Waals surface area contributed by atoms with Gasteiger partial charge in [0.05, 0.1) is 5.56 Å². The molecular weight excluding hydrogens is 309 g/mol. The smallest absolute Gasteiger partial charge is 0.416 e. The molecule has 0 atom stereocenters. The van der Waals surface area contributed by atoms with Gasteiger partial charge in [0.25, 0.3) is 5.91 Å². The van der Waals surface area contributed by atoms with Crippen molar-refractivity contribution in [1.29, 1.82) is 0 Å². The van der Waals surface area contributed by atoms with Crippen LogP contribution in [0, 0.1) is 0 Å². The van der Waals surface area contributed by atoms with E-state index in [9.17, 15) is 18.0 Å². The van der Waals surface area contributed by atoms with Crippen LogP contribution in [-0.4, -0.2) is 17.4 Å². The molecule has 0 saturated heterocycles. The van der Waals surface area contributed by atoms with Crippen LogP contribution in [0.5, 0.6) is 0 Å². The van der Waals surface area contributed by atoms with Crippen molar-refractivity contribution in [2.75, 3.05) is 6.54 Å². The second-order valence-electron chi connectivity index (χ2n) is 5.08. The van der Waals surface area contributed by atoms with Crippen molar-refractivity contribution >= 4 is 5.91 Å². The molecule has 7 heteroatoms. The molecule has 1 amide bonds. The minimum Gasteiger partial charge on any atom is -0.444 e. The lowest BCUT2D eigenvalue weighted by molar-refractivity contribution is -0.137. The number of carbonyl (C=O) groups excluding carboxylic acids is 1. The molecule has 1 aromatic carbocycles. The van der Waals surface area contributed by atoms with E-state index in [4.69, 9.17) is 4.42 Å². The molecule has 0 aliphatic heterocycles. The Hall–Kier alpha value is -2.31. The fourth-order valence-corrected chi connectivity index (χ4v) is 1.98. The summed E-state index contributed by atoms with van der Waals surface area (Å²) in [7, 11) is 0. The number of benzene rings is 1. The number of unbranched alkanes of at least 4 members (excludes halogenated alkanes) is 2. The summed E-state index contributed by atoms with van der Waals surface area (Å²) in [5.41, 5.74) is -0.263. The zero-order valence-corrected chi connectivity index (χ0v) is 12.6. The van der Waals surface area contributed by atoms with Crippen LogP contribution in [0.15, 0.2) is 34.9 Å². The highest BCUT2D eigenvalue weighted by atomic mass is 19.4. The van der Waals surface area contributed by atoms with Crippen molar-refractivity contribution < 1.29 is 22.4 Å². The van der Waals surface area contributed by atoms with E-state index in [1.807, 2.05) is 0 Å². The van der Waals surface area contributed by atoms with Gasteiger partial charge in [-0.3, -0.25) is 4.79 Å². The number of rotatable bonds is 6. The van der Waals surface area contributed by atoms with Crippen LogP contribution in [0.2, 0.25) is 0 Å². The number of aromatic nitrogens is 1. The molecule has 0 bridgehead atoms. The number of halogens is 3. The third kappa shape index (κ3) is 4.58. The molecule has 1 heterocycles. The van der Waals surface area contributed by atoms with E-state index < -0.39 is 11.7 Å². The Balaban J connectivity index is 2.02. The average molecular weight is 326 g/mol. The van der Waals surface area contributed by atoms with Crippen molar-refractivity contribution in [3.8, 4) is 11.5 Å². The maximum Gasteiger partial charge on any atom is 0.416 e. The molecule has 0 radical (unpaired) electrons. The van der Waals surface area contributed by atoms with E-state index in [1.165, 1.54) is 18.4 Å². The summed E-state index contributed by atoms with van der Waals surface area (Å²) in [6, 6.07) is 4.42. The molecule has 23 heavy (non-hydrogen) atoms. The highest BCUT2D eigenvalue weighted by Gasteiger charge is 2.30. The maximum absolute atomic E-state index is 12.5. The van der Waals surface area contributed by atoms with Gasteiger partial charge in [-0.2, -0.15) is 13.2 Å². The number of carbonyl (C=O) groups is 1. The number of oxazole rings is 1. The molecule has 124 valence electrons. The fourth-order valence-electron chi connectivity index (χ4n) is 1.98. The first kappa shape index (κ1) is 17.1. The van der Waals surface area contributed by atoms with E-state index in [0.29, 0.717) is 12.1 Å². The largest absolute Gasteiger partial charge is 0.444 e. The summed E-state index contributed by atoms with van der Waals surface area (Å²) >= 11 is 0. The molecule has 2 rings (SSSR count). The lowest BCUT2D eigenvalue weighted by atomic mass is 10.1. The molecular formula is C16H17F3N2O2. The first-order chi connectivity index (χ1) is 10.9. The van der Waals surface area contributed by atoms with Gasteiger partial charge in [-0.25, -0.2) is 4.98 Å². The van der Waals surface area contributed by atoms with E-state index >= 15 is 0 Å². The summed E-state index contributed by atoms with van der Waals surface area (Å²) in [5, 5.41) is 2.72. The zero-order chi connectivity index (χ0) is 16.9. The number of nitrogens with zero attached hydrogens (tertiary/aromatic N) is 1. The molecule has 4 nitrogen and oxygen atoms in total. The third-order valence-electron chi connectivity index (χ3n) is 3.26. The topological polar surface area (TPSA) is 55.1 Å². The van der Waals surface area contributed by atoms with Crippen LogP contribution in [0.4, 0.5) is 13.2 Å². The molecule has 1 aromatic heterocycles. The Morgan fingerprint density at radius 2 is 1.91 bits per heavy atom. The number of hydrogen-bond donors (Lipinski definition) is 1. The monoisotopic (exact) mass is 326 g/mol. The molecule has 0 aliphatic rings. The number of alkyl halides is 3. The summed E-state index contributed by atoms with van der Waals surface area (Å²) in [6.07, 6.45) is -0.236. The van der Waals surface area contributed by atoms with Crippen molar-refractivity contribution in [2.24, 2.45) is 0 Å². The van der Waals surface area contributed by atoms with Crippen LogP contribution in [0.3, 0.4) is 0 Å². The van der Waals surface area contributed by atoms with Gasteiger partial charge in [-0.1, -0.05) is 19.8 Å². The molecule has 1 N–H and O–H groups in total. The van der Waals surface area contributed by atoms with Gasteiger partial charge in [-0.05, 0) is 30.7 Å². The predicted molar refractivity (Wildman–Crippen MR) is 78.8 cm³/mol. The van der Waals surface area contributed by atoms with Crippen LogP contribution in [-0.2, 0) is 6.18 Å². The van der Waals surface area contributed by atoms with Gasteiger partial charge in [0.1, 0.15) is 6.26 Å². The van der Waals surface area contributed by atoms with Crippen LogP contribution >= 0.6 is 0 Å². The van der Waals surface area contributed by atoms with Crippen molar-refractivity contribution in [2.45, 2.75) is 32.4 Å². The highest BCUT2D eigenvalue weighted by Crippen LogP contribution is 2.30. The second-order valence-corrected chi connectivity index (χ2v) is 5.08. The van der Waals surface area contributed by atoms with Crippen molar-refractivity contribution in [3.63, 3.8) is 0 Å². The fraction of sp³-hybridized carbons (Fsp3) is 0.375. The predicted octanol–water partition coefficient (Wildman–Crippen LogP) is 4.28. The standard InChI is InChI=1S/C16H17F3N2O2/c1-2-3-4-9-20-14(22)13-10-23-15(21-13)11-5-7-12(8-6-11)16(17,18)19/h5-8,10H,2-4,9H2,1H3,(H,20,22). The number of hydrogen-bond acceptors (Lipinski definition) is 3. The summed E-state index contributed by atoms with van der Waals surface area (Å²) in [5.74, 6) is -0.250. The van der Waals surface area contributed by atoms with E-state index in [2.05, 4.69) is 17.2 Å². The van der Waals surface area contributed by atoms with Gasteiger partial charge >= 0.3 is 6.18 Å². The van der Waals surface area contributed by atoms with Gasteiger partial charge in [0.15, 0.2) is 5.69 Å². The minimum absolute atomic E-state index is 0.108. The van der Waals surface area contributed by atoms with Crippen LogP contribution < -0.4 is 5.32 Å². The number of nitrogens with one attached hydrogen (secondary N) is 1. The average Bonchev–Trinajstić information content (AvgIpc) is 3.01. The van der Waals surface area contributed by atoms with Crippen molar-refractivity contribution in [3.05, 3.63) is 41.8 Å². The Labute approximate surface area is 131 Å². The SMILES string of the molecule is CCCCCNC(=O)c1coc(-c2ccc(C(F)(F)F)cc2)n1. The Kier molecular flexibility index (Phi) is 5.41. The number of amides is 1. The van der Waals surface area contributed by atoms with Crippen LogP contribution in [0.25, 0.3) is 11.5 Å². The lowest BCUT2D eigenvalue weighted by Gasteiger charge is -2.06. The molecule has 0 fully saturated rings. The zero-order valence-electron chi connectivity index (χ0n) is 12.6. The Morgan fingerprint density at radius 1 is 1.22 bits per heavy atom. The summed E-state index contributed by atoms with van der Waals surface area (Å²) < 4.78 is 42.7. The van der Waals surface area contributed by atoms with Gasteiger partial charge in [0, 0.05) is 12.1 Å². The van der Waals surface area contributed by atoms with Gasteiger partial charge < -0.3 is 9.73 Å². The van der Waals surface area contributed by atoms with Gasteiger partial charge in [0.2, 0.25) is 5.89 Å². The molecule has 0 unspecified atom stereocenters. The van der Waals surface area contributed by atoms with E-state index in [0.717, 1.165) is 31.4 Å². The van der Waals surface area contributed by atoms with E-state index in [-0.39, 0.29) is 17.5 Å². The van der Waals surface area contributed by atoms with Crippen molar-refractivity contribution in [1.82, 2.24) is 10.3 Å². The first-order valence-corrected chi connectivity index (χ1v) is 7.33. The van der Waals surface area contributed by atoms with Crippen LogP contribution in [0.1, 0.15) is 42.2 Å². The van der Waals surface area contributed by atoms with E-state index in [1.54, 1.807) is 0 Å². The molecule has 0 saturated carbocycles. The molecule has 0 spiro atoms. The quantitative estimate of drug-likeness (QED) is 0.806. The Bertz CT molecular complexity index is 648. The second kappa shape index (κ2) is 7.30. The molecule has 2 aromatic rings. The normalized spacial score (nSPS) is 11.5. The van der Waals surface area contributed by atoms with Gasteiger partial charge in [-0.15, -0.1) is 0 Å². The third-order valence-corrected chi connectivity index (χ3v) is 3.26. The minimum atomic E-state index is -4.39. The maximum atomic E-state index is 12.5. The Morgan fingerprint density at radius 3 is 2.52 bits per heavy atom. The summed E-state index contributed by atoms with van der Waals surface area (Å²) in [4.78, 5) is 15.9. The molecule has 0 aliphatic carbocycles. The lowest BCUT2D eigenvalue weighted by Crippen LogP contribution is -2.24. The highest BCUT2D eigenvalue weighted by molar-refractivity contribution is 5.92. The first-order valence-electron chi connectivity index (χ1n) is 7.33.